The molecule has 2 N–H and O–H groups in total. The number of hydrogen-bond acceptors (Lipinski definition) is 3. The monoisotopic (exact) mass is 326 g/mol. The van der Waals surface area contributed by atoms with E-state index in [0.717, 1.165) is 15.7 Å². The van der Waals surface area contributed by atoms with Crippen molar-refractivity contribution in [3.8, 4) is 0 Å². The van der Waals surface area contributed by atoms with Gasteiger partial charge in [-0.1, -0.05) is 22.0 Å². The summed E-state index contributed by atoms with van der Waals surface area (Å²) in [5, 5.41) is 12.3. The lowest BCUT2D eigenvalue weighted by Crippen LogP contribution is -2.59. The molecule has 0 aromatic heterocycles. The molecule has 1 aliphatic rings. The van der Waals surface area contributed by atoms with E-state index in [0.29, 0.717) is 13.0 Å². The first-order valence-corrected chi connectivity index (χ1v) is 7.26. The Balaban J connectivity index is 2.26. The van der Waals surface area contributed by atoms with Crippen LogP contribution in [-0.4, -0.2) is 36.2 Å². The van der Waals surface area contributed by atoms with Crippen LogP contribution in [-0.2, 0) is 4.79 Å². The molecule has 1 aliphatic heterocycles. The molecule has 1 fully saturated rings. The van der Waals surface area contributed by atoms with Gasteiger partial charge in [-0.25, -0.2) is 0 Å². The predicted molar refractivity (Wildman–Crippen MR) is 79.3 cm³/mol. The minimum absolute atomic E-state index is 0.0154. The fourth-order valence-corrected chi connectivity index (χ4v) is 2.70. The van der Waals surface area contributed by atoms with Crippen molar-refractivity contribution >= 4 is 27.5 Å². The molecule has 0 bridgehead atoms. The zero-order valence-electron chi connectivity index (χ0n) is 11.2. The highest BCUT2D eigenvalue weighted by atomic mass is 79.9. The first-order chi connectivity index (χ1) is 9.02. The second-order valence-electron chi connectivity index (χ2n) is 5.01. The number of rotatable bonds is 3. The van der Waals surface area contributed by atoms with Gasteiger partial charge in [0.05, 0.1) is 6.04 Å². The van der Waals surface area contributed by atoms with Crippen molar-refractivity contribution in [3.63, 3.8) is 0 Å². The minimum atomic E-state index is -0.297. The van der Waals surface area contributed by atoms with Gasteiger partial charge in [0.25, 0.3) is 0 Å². The maximum atomic E-state index is 12.4. The standard InChI is InChI=1S/C14H19BrN2O2/c1-9-3-4-11(7-12(9)15)17-8-10(2)16-13(5-6-18)14(17)19/h3-4,7,10,13,16,18H,5-6,8H2,1-2H3. The van der Waals surface area contributed by atoms with Crippen molar-refractivity contribution in [2.45, 2.75) is 32.4 Å². The maximum absolute atomic E-state index is 12.4. The van der Waals surface area contributed by atoms with Crippen molar-refractivity contribution in [1.29, 1.82) is 0 Å². The number of amides is 1. The van der Waals surface area contributed by atoms with Gasteiger partial charge in [-0.3, -0.25) is 4.79 Å². The highest BCUT2D eigenvalue weighted by Gasteiger charge is 2.32. The Labute approximate surface area is 121 Å². The molecule has 2 unspecified atom stereocenters. The van der Waals surface area contributed by atoms with Crippen LogP contribution < -0.4 is 10.2 Å². The van der Waals surface area contributed by atoms with E-state index in [1.807, 2.05) is 32.0 Å². The first-order valence-electron chi connectivity index (χ1n) is 6.47. The highest BCUT2D eigenvalue weighted by molar-refractivity contribution is 9.10. The van der Waals surface area contributed by atoms with Crippen LogP contribution in [0.25, 0.3) is 0 Å². The molecule has 1 heterocycles. The molecule has 0 aliphatic carbocycles. The van der Waals surface area contributed by atoms with Gasteiger partial charge in [0.2, 0.25) is 5.91 Å². The Hall–Kier alpha value is -0.910. The van der Waals surface area contributed by atoms with Gasteiger partial charge in [0, 0.05) is 29.4 Å². The number of hydrogen-bond donors (Lipinski definition) is 2. The fraction of sp³-hybridized carbons (Fsp3) is 0.500. The lowest BCUT2D eigenvalue weighted by Gasteiger charge is -2.37. The lowest BCUT2D eigenvalue weighted by molar-refractivity contribution is -0.122. The summed E-state index contributed by atoms with van der Waals surface area (Å²) in [4.78, 5) is 14.2. The van der Waals surface area contributed by atoms with Crippen molar-refractivity contribution in [3.05, 3.63) is 28.2 Å². The Bertz CT molecular complexity index is 479. The molecule has 5 heteroatoms. The van der Waals surface area contributed by atoms with E-state index in [1.54, 1.807) is 4.90 Å². The first kappa shape index (κ1) is 14.5. The Morgan fingerprint density at radius 2 is 2.26 bits per heavy atom. The normalized spacial score (nSPS) is 23.8. The fourth-order valence-electron chi connectivity index (χ4n) is 2.34. The third-order valence-electron chi connectivity index (χ3n) is 3.39. The number of halogens is 1. The Morgan fingerprint density at radius 1 is 1.53 bits per heavy atom. The van der Waals surface area contributed by atoms with Crippen molar-refractivity contribution < 1.29 is 9.90 Å². The maximum Gasteiger partial charge on any atom is 0.244 e. The van der Waals surface area contributed by atoms with Crippen molar-refractivity contribution in [2.75, 3.05) is 18.1 Å². The van der Waals surface area contributed by atoms with E-state index in [9.17, 15) is 4.79 Å². The topological polar surface area (TPSA) is 52.6 Å². The number of aliphatic hydroxyl groups excluding tert-OH is 1. The molecule has 1 aromatic rings. The summed E-state index contributed by atoms with van der Waals surface area (Å²) in [6, 6.07) is 5.86. The smallest absolute Gasteiger partial charge is 0.244 e. The molecule has 2 atom stereocenters. The second kappa shape index (κ2) is 6.03. The molecule has 0 spiro atoms. The molecule has 2 rings (SSSR count). The molecule has 19 heavy (non-hydrogen) atoms. The van der Waals surface area contributed by atoms with Crippen LogP contribution in [0, 0.1) is 6.92 Å². The van der Waals surface area contributed by atoms with Gasteiger partial charge in [0.1, 0.15) is 0 Å². The quantitative estimate of drug-likeness (QED) is 0.891. The number of benzene rings is 1. The number of aliphatic hydroxyl groups is 1. The lowest BCUT2D eigenvalue weighted by atomic mass is 10.1. The SMILES string of the molecule is Cc1ccc(N2CC(C)NC(CCO)C2=O)cc1Br. The molecule has 1 amide bonds. The Kier molecular flexibility index (Phi) is 4.60. The zero-order valence-corrected chi connectivity index (χ0v) is 12.8. The number of anilines is 1. The van der Waals surface area contributed by atoms with Crippen LogP contribution in [0.15, 0.2) is 22.7 Å². The van der Waals surface area contributed by atoms with Crippen LogP contribution >= 0.6 is 15.9 Å². The molecule has 1 aromatic carbocycles. The summed E-state index contributed by atoms with van der Waals surface area (Å²) in [6.07, 6.45) is 0.451. The van der Waals surface area contributed by atoms with Crippen LogP contribution in [0.5, 0.6) is 0 Å². The largest absolute Gasteiger partial charge is 0.396 e. The van der Waals surface area contributed by atoms with Crippen LogP contribution in [0.3, 0.4) is 0 Å². The third-order valence-corrected chi connectivity index (χ3v) is 4.25. The Morgan fingerprint density at radius 3 is 2.89 bits per heavy atom. The van der Waals surface area contributed by atoms with E-state index in [2.05, 4.69) is 21.2 Å². The third kappa shape index (κ3) is 3.16. The van der Waals surface area contributed by atoms with Gasteiger partial charge in [-0.15, -0.1) is 0 Å². The molecule has 0 radical (unpaired) electrons. The molecule has 0 saturated carbocycles. The van der Waals surface area contributed by atoms with Gasteiger partial charge >= 0.3 is 0 Å². The predicted octanol–water partition coefficient (Wildman–Crippen LogP) is 1.83. The molecule has 1 saturated heterocycles. The number of carbonyl (C=O) groups excluding carboxylic acids is 1. The summed E-state index contributed by atoms with van der Waals surface area (Å²) in [7, 11) is 0. The number of carbonyl (C=O) groups is 1. The molecule has 104 valence electrons. The average molecular weight is 327 g/mol. The summed E-state index contributed by atoms with van der Waals surface area (Å²) >= 11 is 3.50. The van der Waals surface area contributed by atoms with Crippen LogP contribution in [0.1, 0.15) is 18.9 Å². The number of aryl methyl sites for hydroxylation is 1. The van der Waals surface area contributed by atoms with Crippen molar-refractivity contribution in [2.24, 2.45) is 0 Å². The van der Waals surface area contributed by atoms with E-state index < -0.39 is 0 Å². The van der Waals surface area contributed by atoms with Gasteiger partial charge in [-0.2, -0.15) is 0 Å². The van der Waals surface area contributed by atoms with Gasteiger partial charge < -0.3 is 15.3 Å². The number of nitrogens with one attached hydrogen (secondary N) is 1. The molecular weight excluding hydrogens is 308 g/mol. The number of nitrogens with zero attached hydrogens (tertiary/aromatic N) is 1. The van der Waals surface area contributed by atoms with Gasteiger partial charge in [0.15, 0.2) is 0 Å². The summed E-state index contributed by atoms with van der Waals surface area (Å²) in [5.74, 6) is 0.0305. The molecule has 4 nitrogen and oxygen atoms in total. The van der Waals surface area contributed by atoms with Crippen molar-refractivity contribution in [1.82, 2.24) is 5.32 Å². The average Bonchev–Trinajstić information content (AvgIpc) is 2.37. The summed E-state index contributed by atoms with van der Waals surface area (Å²) < 4.78 is 1.00. The second-order valence-corrected chi connectivity index (χ2v) is 5.87. The van der Waals surface area contributed by atoms with E-state index in [-0.39, 0.29) is 24.6 Å². The highest BCUT2D eigenvalue weighted by Crippen LogP contribution is 2.25. The van der Waals surface area contributed by atoms with Gasteiger partial charge in [-0.05, 0) is 38.0 Å². The summed E-state index contributed by atoms with van der Waals surface area (Å²) in [5.41, 5.74) is 2.05. The molecular formula is C14H19BrN2O2. The number of piperazine rings is 1. The van der Waals surface area contributed by atoms with Crippen LogP contribution in [0.4, 0.5) is 5.69 Å². The summed E-state index contributed by atoms with van der Waals surface area (Å²) in [6.45, 7) is 4.73. The zero-order chi connectivity index (χ0) is 14.0. The van der Waals surface area contributed by atoms with Crippen LogP contribution in [0.2, 0.25) is 0 Å². The van der Waals surface area contributed by atoms with E-state index >= 15 is 0 Å². The minimum Gasteiger partial charge on any atom is -0.396 e. The van der Waals surface area contributed by atoms with E-state index in [1.165, 1.54) is 0 Å². The van der Waals surface area contributed by atoms with E-state index in [4.69, 9.17) is 5.11 Å².